The second kappa shape index (κ2) is 9.71. The number of ether oxygens (including phenoxy) is 1. The molecule has 1 aromatic rings. The molecule has 29 heavy (non-hydrogen) atoms. The molecule has 2 aliphatic rings. The first-order valence-electron chi connectivity index (χ1n) is 10.7. The highest BCUT2D eigenvalue weighted by molar-refractivity contribution is 5.95. The second-order valence-corrected chi connectivity index (χ2v) is 8.27. The molecule has 162 valence electrons. The molecule has 2 amide bonds. The van der Waals surface area contributed by atoms with Crippen molar-refractivity contribution in [3.8, 4) is 0 Å². The standard InChI is InChI=1S/C21H34N4O4/c1-15-20(16(2)29-22-15)21(27)23(4)10-11-25(18-7-12-28-13-8-18)19-6-5-9-24(14-19)17(3)26/h18-19H,5-14H2,1-4H3. The van der Waals surface area contributed by atoms with Gasteiger partial charge in [0, 0.05) is 65.4 Å². The van der Waals surface area contributed by atoms with Gasteiger partial charge >= 0.3 is 0 Å². The average Bonchev–Trinajstić information content (AvgIpc) is 3.06. The summed E-state index contributed by atoms with van der Waals surface area (Å²) in [7, 11) is 1.83. The number of likely N-dealkylation sites (tertiary alicyclic amines) is 1. The summed E-state index contributed by atoms with van der Waals surface area (Å²) in [5, 5.41) is 3.90. The third-order valence-corrected chi connectivity index (χ3v) is 6.26. The zero-order valence-corrected chi connectivity index (χ0v) is 18.1. The van der Waals surface area contributed by atoms with Gasteiger partial charge in [0.05, 0.1) is 5.69 Å². The van der Waals surface area contributed by atoms with E-state index in [0.29, 0.717) is 35.6 Å². The van der Waals surface area contributed by atoms with Crippen molar-refractivity contribution in [2.24, 2.45) is 0 Å². The minimum atomic E-state index is -0.0535. The van der Waals surface area contributed by atoms with Crippen LogP contribution in [0, 0.1) is 13.8 Å². The fourth-order valence-electron chi connectivity index (χ4n) is 4.54. The molecule has 3 heterocycles. The van der Waals surface area contributed by atoms with Crippen LogP contribution in [0.5, 0.6) is 0 Å². The van der Waals surface area contributed by atoms with E-state index < -0.39 is 0 Å². The smallest absolute Gasteiger partial charge is 0.259 e. The van der Waals surface area contributed by atoms with E-state index in [9.17, 15) is 9.59 Å². The maximum Gasteiger partial charge on any atom is 0.259 e. The van der Waals surface area contributed by atoms with Crippen molar-refractivity contribution < 1.29 is 18.8 Å². The summed E-state index contributed by atoms with van der Waals surface area (Å²) >= 11 is 0. The molecule has 0 N–H and O–H groups in total. The maximum absolute atomic E-state index is 12.9. The Kier molecular flexibility index (Phi) is 7.29. The molecule has 3 rings (SSSR count). The van der Waals surface area contributed by atoms with Crippen LogP contribution in [0.3, 0.4) is 0 Å². The van der Waals surface area contributed by atoms with Crippen molar-refractivity contribution in [2.75, 3.05) is 46.4 Å². The SMILES string of the molecule is CC(=O)N1CCCC(N(CCN(C)C(=O)c2c(C)noc2C)C2CCOCC2)C1. The normalized spacial score (nSPS) is 20.9. The molecule has 0 radical (unpaired) electrons. The lowest BCUT2D eigenvalue weighted by molar-refractivity contribution is -0.131. The lowest BCUT2D eigenvalue weighted by Crippen LogP contribution is -2.55. The summed E-state index contributed by atoms with van der Waals surface area (Å²) in [4.78, 5) is 31.0. The van der Waals surface area contributed by atoms with Crippen LogP contribution in [0.15, 0.2) is 4.52 Å². The van der Waals surface area contributed by atoms with E-state index in [1.54, 1.807) is 25.7 Å². The van der Waals surface area contributed by atoms with Crippen molar-refractivity contribution in [3.05, 3.63) is 17.0 Å². The average molecular weight is 407 g/mol. The molecule has 2 aliphatic heterocycles. The number of amides is 2. The molecule has 1 atom stereocenters. The zero-order chi connectivity index (χ0) is 21.0. The fourth-order valence-corrected chi connectivity index (χ4v) is 4.54. The minimum Gasteiger partial charge on any atom is -0.381 e. The summed E-state index contributed by atoms with van der Waals surface area (Å²) < 4.78 is 10.7. The number of aromatic nitrogens is 1. The molecule has 1 unspecified atom stereocenters. The van der Waals surface area contributed by atoms with Gasteiger partial charge in [-0.05, 0) is 39.5 Å². The van der Waals surface area contributed by atoms with Gasteiger partial charge in [0.25, 0.3) is 5.91 Å². The van der Waals surface area contributed by atoms with E-state index in [-0.39, 0.29) is 11.8 Å². The lowest BCUT2D eigenvalue weighted by Gasteiger charge is -2.44. The van der Waals surface area contributed by atoms with Gasteiger partial charge in [-0.25, -0.2) is 0 Å². The van der Waals surface area contributed by atoms with Gasteiger partial charge < -0.3 is 19.1 Å². The third kappa shape index (κ3) is 5.17. The van der Waals surface area contributed by atoms with Crippen LogP contribution in [0.25, 0.3) is 0 Å². The number of hydrogen-bond donors (Lipinski definition) is 0. The molecular formula is C21H34N4O4. The molecule has 0 spiro atoms. The molecule has 0 bridgehead atoms. The van der Waals surface area contributed by atoms with Gasteiger partial charge in [0.15, 0.2) is 0 Å². The highest BCUT2D eigenvalue weighted by Crippen LogP contribution is 2.23. The predicted molar refractivity (Wildman–Crippen MR) is 109 cm³/mol. The first-order chi connectivity index (χ1) is 13.9. The molecule has 2 saturated heterocycles. The Bertz CT molecular complexity index is 694. The van der Waals surface area contributed by atoms with Crippen molar-refractivity contribution in [2.45, 2.75) is 58.5 Å². The summed E-state index contributed by atoms with van der Waals surface area (Å²) in [6.07, 6.45) is 4.11. The molecule has 1 aromatic heterocycles. The quantitative estimate of drug-likeness (QED) is 0.717. The van der Waals surface area contributed by atoms with E-state index in [2.05, 4.69) is 10.1 Å². The van der Waals surface area contributed by atoms with Crippen LogP contribution >= 0.6 is 0 Å². The Morgan fingerprint density at radius 3 is 2.48 bits per heavy atom. The summed E-state index contributed by atoms with van der Waals surface area (Å²) in [6, 6.07) is 0.765. The molecule has 8 heteroatoms. The maximum atomic E-state index is 12.9. The predicted octanol–water partition coefficient (Wildman–Crippen LogP) is 1.86. The van der Waals surface area contributed by atoms with Crippen LogP contribution in [-0.2, 0) is 9.53 Å². The number of carbonyl (C=O) groups is 2. The molecular weight excluding hydrogens is 372 g/mol. The summed E-state index contributed by atoms with van der Waals surface area (Å²) in [6.45, 7) is 9.79. The molecule has 2 fully saturated rings. The van der Waals surface area contributed by atoms with Gasteiger partial charge in [0.1, 0.15) is 11.3 Å². The third-order valence-electron chi connectivity index (χ3n) is 6.26. The minimum absolute atomic E-state index is 0.0535. The van der Waals surface area contributed by atoms with E-state index in [1.165, 1.54) is 0 Å². The zero-order valence-electron chi connectivity index (χ0n) is 18.1. The van der Waals surface area contributed by atoms with E-state index in [4.69, 9.17) is 9.26 Å². The van der Waals surface area contributed by atoms with Gasteiger partial charge in [-0.2, -0.15) is 0 Å². The lowest BCUT2D eigenvalue weighted by atomic mass is 9.98. The van der Waals surface area contributed by atoms with Gasteiger partial charge in [-0.1, -0.05) is 5.16 Å². The van der Waals surface area contributed by atoms with Crippen LogP contribution in [0.2, 0.25) is 0 Å². The number of hydrogen-bond acceptors (Lipinski definition) is 6. The second-order valence-electron chi connectivity index (χ2n) is 8.27. The van der Waals surface area contributed by atoms with E-state index >= 15 is 0 Å². The summed E-state index contributed by atoms with van der Waals surface area (Å²) in [5.74, 6) is 0.652. The number of carbonyl (C=O) groups excluding carboxylic acids is 2. The Morgan fingerprint density at radius 2 is 1.86 bits per heavy atom. The van der Waals surface area contributed by atoms with E-state index in [1.807, 2.05) is 11.9 Å². The molecule has 8 nitrogen and oxygen atoms in total. The van der Waals surface area contributed by atoms with Crippen LogP contribution < -0.4 is 0 Å². The number of nitrogens with zero attached hydrogens (tertiary/aromatic N) is 4. The van der Waals surface area contributed by atoms with Gasteiger partial charge in [-0.3, -0.25) is 14.5 Å². The number of rotatable bonds is 6. The molecule has 0 saturated carbocycles. The summed E-state index contributed by atoms with van der Waals surface area (Å²) in [5.41, 5.74) is 1.19. The number of piperidine rings is 1. The monoisotopic (exact) mass is 406 g/mol. The van der Waals surface area contributed by atoms with Gasteiger partial charge in [0.2, 0.25) is 5.91 Å². The van der Waals surface area contributed by atoms with Crippen LogP contribution in [0.1, 0.15) is 54.4 Å². The molecule has 0 aromatic carbocycles. The Labute approximate surface area is 173 Å². The number of aryl methyl sites for hydroxylation is 2. The largest absolute Gasteiger partial charge is 0.381 e. The highest BCUT2D eigenvalue weighted by Gasteiger charge is 2.32. The Balaban J connectivity index is 1.68. The van der Waals surface area contributed by atoms with Crippen molar-refractivity contribution in [1.82, 2.24) is 19.9 Å². The van der Waals surface area contributed by atoms with Crippen LogP contribution in [-0.4, -0.2) is 90.2 Å². The Hall–Kier alpha value is -1.93. The van der Waals surface area contributed by atoms with Crippen molar-refractivity contribution in [1.29, 1.82) is 0 Å². The van der Waals surface area contributed by atoms with Gasteiger partial charge in [-0.15, -0.1) is 0 Å². The first kappa shape index (κ1) is 21.8. The molecule has 0 aliphatic carbocycles. The number of likely N-dealkylation sites (N-methyl/N-ethyl adjacent to an activating group) is 1. The van der Waals surface area contributed by atoms with Crippen molar-refractivity contribution in [3.63, 3.8) is 0 Å². The van der Waals surface area contributed by atoms with Crippen molar-refractivity contribution >= 4 is 11.8 Å². The Morgan fingerprint density at radius 1 is 1.14 bits per heavy atom. The topological polar surface area (TPSA) is 79.1 Å². The highest BCUT2D eigenvalue weighted by atomic mass is 16.5. The fraction of sp³-hybridized carbons (Fsp3) is 0.762. The van der Waals surface area contributed by atoms with E-state index in [0.717, 1.165) is 58.5 Å². The van der Waals surface area contributed by atoms with Crippen LogP contribution in [0.4, 0.5) is 0 Å². The first-order valence-corrected chi connectivity index (χ1v) is 10.7.